The van der Waals surface area contributed by atoms with Gasteiger partial charge in [-0.2, -0.15) is 0 Å². The molecule has 2 atom stereocenters. The van der Waals surface area contributed by atoms with E-state index in [1.165, 1.54) is 6.92 Å². The van der Waals surface area contributed by atoms with Gasteiger partial charge in [0.15, 0.2) is 0 Å². The van der Waals surface area contributed by atoms with Crippen LogP contribution in [0.3, 0.4) is 0 Å². The molecule has 16 heavy (non-hydrogen) atoms. The Morgan fingerprint density at radius 2 is 2.06 bits per heavy atom. The maximum absolute atomic E-state index is 11.9. The van der Waals surface area contributed by atoms with Crippen molar-refractivity contribution in [1.29, 1.82) is 0 Å². The van der Waals surface area contributed by atoms with Crippen LogP contribution in [0.2, 0.25) is 0 Å². The Hall–Kier alpha value is -1.04. The molecular formula is C11H15NO3S. The SMILES string of the molecule is CC(=O)CC(CS(=O)c1ccccc1)ON. The Kier molecular flexibility index (Phi) is 5.31. The van der Waals surface area contributed by atoms with Gasteiger partial charge in [-0.1, -0.05) is 18.2 Å². The summed E-state index contributed by atoms with van der Waals surface area (Å²) in [5, 5.41) is 0. The minimum atomic E-state index is -1.19. The van der Waals surface area contributed by atoms with Crippen LogP contribution < -0.4 is 5.90 Å². The van der Waals surface area contributed by atoms with E-state index in [0.29, 0.717) is 4.90 Å². The molecule has 0 spiro atoms. The van der Waals surface area contributed by atoms with E-state index >= 15 is 0 Å². The third kappa shape index (κ3) is 4.22. The summed E-state index contributed by atoms with van der Waals surface area (Å²) < 4.78 is 11.9. The topological polar surface area (TPSA) is 69.4 Å². The highest BCUT2D eigenvalue weighted by molar-refractivity contribution is 7.85. The zero-order valence-electron chi connectivity index (χ0n) is 9.09. The van der Waals surface area contributed by atoms with E-state index in [1.807, 2.05) is 18.2 Å². The van der Waals surface area contributed by atoms with Crippen molar-refractivity contribution in [2.75, 3.05) is 5.75 Å². The molecular weight excluding hydrogens is 226 g/mol. The molecule has 0 saturated carbocycles. The fourth-order valence-electron chi connectivity index (χ4n) is 1.30. The molecule has 2 unspecified atom stereocenters. The Bertz CT molecular complexity index is 367. The lowest BCUT2D eigenvalue weighted by Gasteiger charge is -2.12. The van der Waals surface area contributed by atoms with Gasteiger partial charge in [-0.15, -0.1) is 0 Å². The van der Waals surface area contributed by atoms with Gasteiger partial charge in [-0.3, -0.25) is 13.8 Å². The Labute approximate surface area is 97.2 Å². The number of rotatable bonds is 6. The molecule has 0 aliphatic rings. The van der Waals surface area contributed by atoms with Crippen molar-refractivity contribution >= 4 is 16.6 Å². The van der Waals surface area contributed by atoms with E-state index in [9.17, 15) is 9.00 Å². The van der Waals surface area contributed by atoms with Gasteiger partial charge in [0, 0.05) is 11.3 Å². The third-order valence-corrected chi connectivity index (χ3v) is 3.52. The lowest BCUT2D eigenvalue weighted by Crippen LogP contribution is -2.26. The van der Waals surface area contributed by atoms with Crippen molar-refractivity contribution < 1.29 is 13.8 Å². The standard InChI is InChI=1S/C11H15NO3S/c1-9(13)7-10(15-12)8-16(14)11-5-3-2-4-6-11/h2-6,10H,7-8,12H2,1H3. The minimum absolute atomic E-state index is 0.0273. The first kappa shape index (κ1) is 13.0. The van der Waals surface area contributed by atoms with E-state index in [4.69, 9.17) is 5.90 Å². The van der Waals surface area contributed by atoms with Crippen molar-refractivity contribution in [3.05, 3.63) is 30.3 Å². The molecule has 0 fully saturated rings. The van der Waals surface area contributed by atoms with E-state index in [2.05, 4.69) is 4.84 Å². The number of hydrogen-bond donors (Lipinski definition) is 1. The average molecular weight is 241 g/mol. The molecule has 88 valence electrons. The summed E-state index contributed by atoms with van der Waals surface area (Å²) in [5.74, 6) is 5.27. The van der Waals surface area contributed by atoms with Gasteiger partial charge in [0.2, 0.25) is 0 Å². The van der Waals surface area contributed by atoms with Crippen LogP contribution in [0.15, 0.2) is 35.2 Å². The van der Waals surface area contributed by atoms with Crippen LogP contribution in [-0.4, -0.2) is 21.8 Å². The summed E-state index contributed by atoms with van der Waals surface area (Å²) in [6.45, 7) is 1.46. The molecule has 0 amide bonds. The number of nitrogens with two attached hydrogens (primary N) is 1. The first-order chi connectivity index (χ1) is 7.63. The molecule has 1 aromatic rings. The normalized spacial score (nSPS) is 14.4. The Balaban J connectivity index is 2.59. The average Bonchev–Trinajstić information content (AvgIpc) is 2.28. The predicted octanol–water partition coefficient (Wildman–Crippen LogP) is 1.03. The molecule has 0 aliphatic carbocycles. The van der Waals surface area contributed by atoms with Crippen molar-refractivity contribution in [1.82, 2.24) is 0 Å². The lowest BCUT2D eigenvalue weighted by atomic mass is 10.2. The highest BCUT2D eigenvalue weighted by atomic mass is 32.2. The number of carbonyl (C=O) groups is 1. The summed E-state index contributed by atoms with van der Waals surface area (Å²) in [6.07, 6.45) is -0.298. The van der Waals surface area contributed by atoms with Crippen molar-refractivity contribution in [2.45, 2.75) is 24.3 Å². The van der Waals surface area contributed by atoms with Gasteiger partial charge in [0.05, 0.1) is 22.7 Å². The number of Topliss-reactive ketones (excluding diaryl/α,β-unsaturated/α-hetero) is 1. The van der Waals surface area contributed by atoms with E-state index in [-0.39, 0.29) is 18.0 Å². The summed E-state index contributed by atoms with van der Waals surface area (Å²) in [6, 6.07) is 9.04. The van der Waals surface area contributed by atoms with Gasteiger partial charge in [0.25, 0.3) is 0 Å². The molecule has 5 heteroatoms. The molecule has 0 saturated heterocycles. The number of ketones is 1. The molecule has 4 nitrogen and oxygen atoms in total. The van der Waals surface area contributed by atoms with E-state index in [0.717, 1.165) is 0 Å². The minimum Gasteiger partial charge on any atom is -0.300 e. The van der Waals surface area contributed by atoms with Crippen LogP contribution in [0, 0.1) is 0 Å². The van der Waals surface area contributed by atoms with Crippen LogP contribution >= 0.6 is 0 Å². The molecule has 0 aliphatic heterocycles. The molecule has 0 heterocycles. The number of hydrogen-bond acceptors (Lipinski definition) is 4. The second-order valence-electron chi connectivity index (χ2n) is 3.49. The predicted molar refractivity (Wildman–Crippen MR) is 62.1 cm³/mol. The van der Waals surface area contributed by atoms with Crippen LogP contribution in [0.5, 0.6) is 0 Å². The summed E-state index contributed by atoms with van der Waals surface area (Å²) in [5.41, 5.74) is 0. The fraction of sp³-hybridized carbons (Fsp3) is 0.364. The maximum Gasteiger partial charge on any atom is 0.132 e. The van der Waals surface area contributed by atoms with Crippen LogP contribution in [0.1, 0.15) is 13.3 Å². The lowest BCUT2D eigenvalue weighted by molar-refractivity contribution is -0.119. The van der Waals surface area contributed by atoms with Gasteiger partial charge in [-0.05, 0) is 19.1 Å². The van der Waals surface area contributed by atoms with E-state index < -0.39 is 16.9 Å². The van der Waals surface area contributed by atoms with Crippen LogP contribution in [-0.2, 0) is 20.4 Å². The van der Waals surface area contributed by atoms with Crippen molar-refractivity contribution in [2.24, 2.45) is 5.90 Å². The Morgan fingerprint density at radius 3 is 2.56 bits per heavy atom. The summed E-state index contributed by atoms with van der Waals surface area (Å²) in [4.78, 5) is 16.3. The highest BCUT2D eigenvalue weighted by Gasteiger charge is 2.15. The largest absolute Gasteiger partial charge is 0.300 e. The van der Waals surface area contributed by atoms with Gasteiger partial charge >= 0.3 is 0 Å². The second-order valence-corrected chi connectivity index (χ2v) is 4.99. The summed E-state index contributed by atoms with van der Waals surface area (Å²) in [7, 11) is -1.19. The monoisotopic (exact) mass is 241 g/mol. The molecule has 0 aromatic heterocycles. The zero-order chi connectivity index (χ0) is 12.0. The third-order valence-electron chi connectivity index (χ3n) is 2.05. The van der Waals surface area contributed by atoms with Crippen molar-refractivity contribution in [3.8, 4) is 0 Å². The van der Waals surface area contributed by atoms with Crippen molar-refractivity contribution in [3.63, 3.8) is 0 Å². The van der Waals surface area contributed by atoms with E-state index in [1.54, 1.807) is 12.1 Å². The maximum atomic E-state index is 11.9. The fourth-order valence-corrected chi connectivity index (χ4v) is 2.49. The first-order valence-corrected chi connectivity index (χ1v) is 6.23. The number of benzene rings is 1. The number of carbonyl (C=O) groups excluding carboxylic acids is 1. The quantitative estimate of drug-likeness (QED) is 0.755. The smallest absolute Gasteiger partial charge is 0.132 e. The van der Waals surface area contributed by atoms with Crippen LogP contribution in [0.25, 0.3) is 0 Å². The van der Waals surface area contributed by atoms with Crippen LogP contribution in [0.4, 0.5) is 0 Å². The first-order valence-electron chi connectivity index (χ1n) is 4.92. The molecule has 0 bridgehead atoms. The molecule has 0 radical (unpaired) electrons. The van der Waals surface area contributed by atoms with Gasteiger partial charge < -0.3 is 0 Å². The summed E-state index contributed by atoms with van der Waals surface area (Å²) >= 11 is 0. The second kappa shape index (κ2) is 6.52. The molecule has 1 rings (SSSR count). The van der Waals surface area contributed by atoms with Gasteiger partial charge in [-0.25, -0.2) is 5.90 Å². The van der Waals surface area contributed by atoms with Gasteiger partial charge in [0.1, 0.15) is 5.78 Å². The zero-order valence-corrected chi connectivity index (χ0v) is 9.91. The molecule has 2 N–H and O–H groups in total. The molecule has 1 aromatic carbocycles. The Morgan fingerprint density at radius 1 is 1.44 bits per heavy atom. The highest BCUT2D eigenvalue weighted by Crippen LogP contribution is 2.09.